The number of piperazine rings is 1. The van der Waals surface area contributed by atoms with E-state index in [2.05, 4.69) is 4.90 Å². The molecule has 0 saturated carbocycles. The lowest BCUT2D eigenvalue weighted by molar-refractivity contribution is 0.0954. The summed E-state index contributed by atoms with van der Waals surface area (Å²) in [7, 11) is -3.44. The zero-order valence-electron chi connectivity index (χ0n) is 15.5. The van der Waals surface area contributed by atoms with Crippen LogP contribution in [0.1, 0.15) is 16.8 Å². The summed E-state index contributed by atoms with van der Waals surface area (Å²) in [5, 5.41) is 2.97. The third-order valence-electron chi connectivity index (χ3n) is 5.15. The molecule has 28 heavy (non-hydrogen) atoms. The summed E-state index contributed by atoms with van der Waals surface area (Å²) in [5.41, 5.74) is 0.797. The Bertz CT molecular complexity index is 1070. The predicted molar refractivity (Wildman–Crippen MR) is 112 cm³/mol. The molecule has 5 nitrogen and oxygen atoms in total. The van der Waals surface area contributed by atoms with Crippen molar-refractivity contribution in [2.75, 3.05) is 32.7 Å². The minimum atomic E-state index is -3.44. The van der Waals surface area contributed by atoms with Crippen LogP contribution in [0.5, 0.6) is 0 Å². The average molecular weight is 415 g/mol. The van der Waals surface area contributed by atoms with Crippen LogP contribution in [0.4, 0.5) is 0 Å². The monoisotopic (exact) mass is 414 g/mol. The zero-order valence-corrected chi connectivity index (χ0v) is 17.1. The Morgan fingerprint density at radius 2 is 1.61 bits per heavy atom. The van der Waals surface area contributed by atoms with Crippen LogP contribution < -0.4 is 0 Å². The van der Waals surface area contributed by atoms with Gasteiger partial charge in [0.2, 0.25) is 10.0 Å². The van der Waals surface area contributed by atoms with E-state index in [1.54, 1.807) is 35.6 Å². The molecule has 2 aromatic carbocycles. The Hall–Kier alpha value is -2.06. The number of Topliss-reactive ketones (excluding diaryl/α,β-unsaturated/α-hetero) is 1. The highest BCUT2D eigenvalue weighted by Gasteiger charge is 2.28. The molecule has 0 N–H and O–H groups in total. The molecular formula is C21H22N2O3S2. The van der Waals surface area contributed by atoms with Gasteiger partial charge in [-0.15, -0.1) is 11.3 Å². The molecule has 0 atom stereocenters. The fraction of sp³-hybridized carbons (Fsp3) is 0.286. The van der Waals surface area contributed by atoms with E-state index < -0.39 is 10.0 Å². The Kier molecular flexibility index (Phi) is 5.59. The second-order valence-electron chi connectivity index (χ2n) is 6.88. The highest BCUT2D eigenvalue weighted by atomic mass is 32.2. The molecule has 3 aromatic rings. The first-order valence-corrected chi connectivity index (χ1v) is 11.6. The van der Waals surface area contributed by atoms with Crippen molar-refractivity contribution in [2.45, 2.75) is 11.3 Å². The van der Waals surface area contributed by atoms with Crippen molar-refractivity contribution >= 4 is 37.2 Å². The van der Waals surface area contributed by atoms with Crippen molar-refractivity contribution in [1.82, 2.24) is 9.21 Å². The van der Waals surface area contributed by atoms with Gasteiger partial charge >= 0.3 is 0 Å². The van der Waals surface area contributed by atoms with Crippen LogP contribution in [-0.4, -0.2) is 56.1 Å². The highest BCUT2D eigenvalue weighted by molar-refractivity contribution is 7.89. The molecule has 0 unspecified atom stereocenters. The average Bonchev–Trinajstić information content (AvgIpc) is 3.17. The number of fused-ring (bicyclic) bond motifs is 1. The smallest absolute Gasteiger partial charge is 0.243 e. The molecule has 0 spiro atoms. The summed E-state index contributed by atoms with van der Waals surface area (Å²) >= 11 is 1.60. The number of thiophene rings is 1. The number of carbonyl (C=O) groups excluding carboxylic acids is 1. The van der Waals surface area contributed by atoms with E-state index in [9.17, 15) is 13.2 Å². The van der Waals surface area contributed by atoms with E-state index >= 15 is 0 Å². The summed E-state index contributed by atoms with van der Waals surface area (Å²) in [6.07, 6.45) is 0.451. The molecule has 1 aliphatic rings. The van der Waals surface area contributed by atoms with Gasteiger partial charge in [-0.2, -0.15) is 4.31 Å². The van der Waals surface area contributed by atoms with Crippen molar-refractivity contribution in [3.8, 4) is 0 Å². The summed E-state index contributed by atoms with van der Waals surface area (Å²) in [6, 6.07) is 16.5. The van der Waals surface area contributed by atoms with E-state index in [1.807, 2.05) is 35.7 Å². The quantitative estimate of drug-likeness (QED) is 0.580. The van der Waals surface area contributed by atoms with Gasteiger partial charge in [-0.1, -0.05) is 36.4 Å². The lowest BCUT2D eigenvalue weighted by Gasteiger charge is -2.33. The van der Waals surface area contributed by atoms with Crippen LogP contribution in [0.2, 0.25) is 0 Å². The Morgan fingerprint density at radius 1 is 0.929 bits per heavy atom. The standard InChI is InChI=1S/C21H22N2O3S2/c24-20(19-16-27-21-9-5-4-8-18(19)21)10-11-22-12-14-23(15-13-22)28(25,26)17-6-2-1-3-7-17/h1-9,16H,10-15H2. The van der Waals surface area contributed by atoms with E-state index in [1.165, 1.54) is 4.31 Å². The van der Waals surface area contributed by atoms with Crippen LogP contribution in [0, 0.1) is 0 Å². The number of hydrogen-bond acceptors (Lipinski definition) is 5. The number of hydrogen-bond donors (Lipinski definition) is 0. The normalized spacial score (nSPS) is 16.4. The van der Waals surface area contributed by atoms with Gasteiger partial charge in [0, 0.05) is 60.2 Å². The summed E-state index contributed by atoms with van der Waals surface area (Å²) in [4.78, 5) is 15.2. The first kappa shape index (κ1) is 19.3. The van der Waals surface area contributed by atoms with Gasteiger partial charge in [-0.25, -0.2) is 8.42 Å². The van der Waals surface area contributed by atoms with Gasteiger partial charge < -0.3 is 4.90 Å². The van der Waals surface area contributed by atoms with E-state index in [4.69, 9.17) is 0 Å². The molecule has 4 rings (SSSR count). The van der Waals surface area contributed by atoms with Crippen LogP contribution in [0.3, 0.4) is 0 Å². The van der Waals surface area contributed by atoms with Gasteiger partial charge in [-0.05, 0) is 18.2 Å². The zero-order chi connectivity index (χ0) is 19.6. The molecular weight excluding hydrogens is 392 g/mol. The Balaban J connectivity index is 1.33. The molecule has 146 valence electrons. The molecule has 1 fully saturated rings. The fourth-order valence-corrected chi connectivity index (χ4v) is 5.93. The number of sulfonamides is 1. The van der Waals surface area contributed by atoms with Crippen LogP contribution in [-0.2, 0) is 10.0 Å². The first-order valence-electron chi connectivity index (χ1n) is 9.33. The molecule has 0 amide bonds. The molecule has 1 saturated heterocycles. The molecule has 2 heterocycles. The topological polar surface area (TPSA) is 57.7 Å². The van der Waals surface area contributed by atoms with Crippen molar-refractivity contribution in [2.24, 2.45) is 0 Å². The molecule has 0 bridgehead atoms. The molecule has 0 radical (unpaired) electrons. The summed E-state index contributed by atoms with van der Waals surface area (Å²) in [6.45, 7) is 2.84. The molecule has 7 heteroatoms. The fourth-order valence-electron chi connectivity index (χ4n) is 3.52. The predicted octanol–water partition coefficient (Wildman–Crippen LogP) is 3.48. The molecule has 0 aliphatic carbocycles. The van der Waals surface area contributed by atoms with Crippen molar-refractivity contribution in [3.63, 3.8) is 0 Å². The van der Waals surface area contributed by atoms with Gasteiger partial charge in [0.15, 0.2) is 5.78 Å². The van der Waals surface area contributed by atoms with Gasteiger partial charge in [0.25, 0.3) is 0 Å². The van der Waals surface area contributed by atoms with E-state index in [-0.39, 0.29) is 5.78 Å². The van der Waals surface area contributed by atoms with Crippen molar-refractivity contribution in [3.05, 3.63) is 65.5 Å². The second-order valence-corrected chi connectivity index (χ2v) is 9.73. The number of benzene rings is 2. The number of ketones is 1. The summed E-state index contributed by atoms with van der Waals surface area (Å²) in [5.74, 6) is 0.150. The lowest BCUT2D eigenvalue weighted by Crippen LogP contribution is -2.48. The van der Waals surface area contributed by atoms with Crippen molar-refractivity contribution in [1.29, 1.82) is 0 Å². The third kappa shape index (κ3) is 3.89. The minimum absolute atomic E-state index is 0.150. The van der Waals surface area contributed by atoms with Crippen LogP contribution >= 0.6 is 11.3 Å². The SMILES string of the molecule is O=C(CCN1CCN(S(=O)(=O)c2ccccc2)CC1)c1csc2ccccc12. The van der Waals surface area contributed by atoms with Gasteiger partial charge in [0.1, 0.15) is 0 Å². The Labute approximate surface area is 169 Å². The van der Waals surface area contributed by atoms with Gasteiger partial charge in [-0.3, -0.25) is 4.79 Å². The first-order chi connectivity index (χ1) is 13.6. The van der Waals surface area contributed by atoms with Crippen LogP contribution in [0.25, 0.3) is 10.1 Å². The Morgan fingerprint density at radius 3 is 2.36 bits per heavy atom. The van der Waals surface area contributed by atoms with E-state index in [0.717, 1.165) is 15.6 Å². The van der Waals surface area contributed by atoms with Crippen molar-refractivity contribution < 1.29 is 13.2 Å². The maximum Gasteiger partial charge on any atom is 0.243 e. The number of carbonyl (C=O) groups is 1. The maximum absolute atomic E-state index is 12.7. The second kappa shape index (κ2) is 8.13. The number of rotatable bonds is 6. The highest BCUT2D eigenvalue weighted by Crippen LogP contribution is 2.26. The van der Waals surface area contributed by atoms with Crippen LogP contribution in [0.15, 0.2) is 64.9 Å². The largest absolute Gasteiger partial charge is 0.300 e. The maximum atomic E-state index is 12.7. The van der Waals surface area contributed by atoms with E-state index in [0.29, 0.717) is 44.0 Å². The molecule has 1 aromatic heterocycles. The number of nitrogens with zero attached hydrogens (tertiary/aromatic N) is 2. The van der Waals surface area contributed by atoms with Gasteiger partial charge in [0.05, 0.1) is 4.90 Å². The molecule has 1 aliphatic heterocycles. The minimum Gasteiger partial charge on any atom is -0.300 e. The third-order valence-corrected chi connectivity index (χ3v) is 8.03. The summed E-state index contributed by atoms with van der Waals surface area (Å²) < 4.78 is 28.1. The lowest BCUT2D eigenvalue weighted by atomic mass is 10.1.